The van der Waals surface area contributed by atoms with E-state index in [9.17, 15) is 14.0 Å². The van der Waals surface area contributed by atoms with E-state index >= 15 is 0 Å². The van der Waals surface area contributed by atoms with Crippen LogP contribution >= 0.6 is 0 Å². The molecule has 0 saturated carbocycles. The number of nitrogens with one attached hydrogen (secondary N) is 1. The van der Waals surface area contributed by atoms with E-state index in [-0.39, 0.29) is 12.5 Å². The highest BCUT2D eigenvalue weighted by Crippen LogP contribution is 2.12. The van der Waals surface area contributed by atoms with Crippen molar-refractivity contribution in [2.45, 2.75) is 39.2 Å². The van der Waals surface area contributed by atoms with Crippen LogP contribution in [0.25, 0.3) is 6.08 Å². The number of amides is 1. The van der Waals surface area contributed by atoms with E-state index in [1.54, 1.807) is 0 Å². The lowest BCUT2D eigenvalue weighted by molar-refractivity contribution is -0.131. The number of hydrogen-bond acceptors (Lipinski definition) is 2. The first-order valence-corrected chi connectivity index (χ1v) is 6.99. The molecule has 1 rings (SSSR count). The lowest BCUT2D eigenvalue weighted by Crippen LogP contribution is -2.22. The molecule has 2 N–H and O–H groups in total. The number of benzene rings is 1. The summed E-state index contributed by atoms with van der Waals surface area (Å²) in [5, 5.41) is 11.2. The SMILES string of the molecule is CCCCCC(=O)NCc1cc(C=CC(=O)O)ccc1F. The molecule has 0 bridgehead atoms. The van der Waals surface area contributed by atoms with Crippen molar-refractivity contribution in [2.75, 3.05) is 0 Å². The van der Waals surface area contributed by atoms with Gasteiger partial charge in [0.05, 0.1) is 0 Å². The summed E-state index contributed by atoms with van der Waals surface area (Å²) < 4.78 is 13.6. The Morgan fingerprint density at radius 1 is 1.33 bits per heavy atom. The second-order valence-corrected chi connectivity index (χ2v) is 4.76. The Labute approximate surface area is 123 Å². The first kappa shape index (κ1) is 16.9. The third-order valence-corrected chi connectivity index (χ3v) is 2.97. The molecule has 0 fully saturated rings. The molecule has 1 aromatic rings. The zero-order valence-corrected chi connectivity index (χ0v) is 12.1. The summed E-state index contributed by atoms with van der Waals surface area (Å²) in [6.07, 6.45) is 5.67. The number of halogens is 1. The Bertz CT molecular complexity index is 526. The third kappa shape index (κ3) is 6.70. The fourth-order valence-electron chi connectivity index (χ4n) is 1.82. The van der Waals surface area contributed by atoms with Crippen LogP contribution in [0, 0.1) is 5.82 Å². The lowest BCUT2D eigenvalue weighted by Gasteiger charge is -2.07. The molecule has 0 aromatic heterocycles. The molecule has 0 radical (unpaired) electrons. The van der Waals surface area contributed by atoms with Gasteiger partial charge < -0.3 is 10.4 Å². The van der Waals surface area contributed by atoms with Crippen LogP contribution in [0.1, 0.15) is 43.7 Å². The van der Waals surface area contributed by atoms with E-state index in [2.05, 4.69) is 12.2 Å². The molecule has 1 aromatic carbocycles. The Morgan fingerprint density at radius 3 is 2.76 bits per heavy atom. The predicted molar refractivity (Wildman–Crippen MR) is 79.1 cm³/mol. The standard InChI is InChI=1S/C16H20FNO3/c1-2-3-4-5-15(19)18-11-13-10-12(6-8-14(13)17)7-9-16(20)21/h6-10H,2-5,11H2,1H3,(H,18,19)(H,20,21). The van der Waals surface area contributed by atoms with Gasteiger partial charge in [0.2, 0.25) is 5.91 Å². The van der Waals surface area contributed by atoms with Crippen molar-refractivity contribution in [1.82, 2.24) is 5.32 Å². The highest BCUT2D eigenvalue weighted by Gasteiger charge is 2.06. The molecule has 0 aliphatic rings. The van der Waals surface area contributed by atoms with E-state index in [4.69, 9.17) is 5.11 Å². The molecule has 0 saturated heterocycles. The monoisotopic (exact) mass is 293 g/mol. The van der Waals surface area contributed by atoms with Crippen molar-refractivity contribution in [1.29, 1.82) is 0 Å². The molecule has 21 heavy (non-hydrogen) atoms. The van der Waals surface area contributed by atoms with Gasteiger partial charge in [-0.2, -0.15) is 0 Å². The molecular formula is C16H20FNO3. The predicted octanol–water partition coefficient (Wildman–Crippen LogP) is 3.12. The number of carboxylic acid groups (broad SMARTS) is 1. The molecule has 0 spiro atoms. The number of aliphatic carboxylic acids is 1. The van der Waals surface area contributed by atoms with Gasteiger partial charge in [0.15, 0.2) is 0 Å². The Kier molecular flexibility index (Phi) is 7.15. The molecule has 0 atom stereocenters. The van der Waals surface area contributed by atoms with Crippen molar-refractivity contribution in [3.8, 4) is 0 Å². The van der Waals surface area contributed by atoms with Gasteiger partial charge in [-0.1, -0.05) is 25.8 Å². The molecule has 0 heterocycles. The van der Waals surface area contributed by atoms with Crippen molar-refractivity contribution >= 4 is 18.0 Å². The maximum atomic E-state index is 13.6. The van der Waals surface area contributed by atoms with Crippen molar-refractivity contribution in [3.63, 3.8) is 0 Å². The van der Waals surface area contributed by atoms with E-state index in [0.29, 0.717) is 17.5 Å². The average Bonchev–Trinajstić information content (AvgIpc) is 2.45. The average molecular weight is 293 g/mol. The Hall–Kier alpha value is -2.17. The van der Waals surface area contributed by atoms with Crippen LogP contribution in [0.5, 0.6) is 0 Å². The summed E-state index contributed by atoms with van der Waals surface area (Å²) in [4.78, 5) is 22.0. The highest BCUT2D eigenvalue weighted by molar-refractivity contribution is 5.85. The van der Waals surface area contributed by atoms with Gasteiger partial charge in [0.25, 0.3) is 0 Å². The summed E-state index contributed by atoms with van der Waals surface area (Å²) in [7, 11) is 0. The quantitative estimate of drug-likeness (QED) is 0.571. The van der Waals surface area contributed by atoms with Crippen molar-refractivity contribution in [2.24, 2.45) is 0 Å². The van der Waals surface area contributed by atoms with Crippen molar-refractivity contribution in [3.05, 3.63) is 41.2 Å². The lowest BCUT2D eigenvalue weighted by atomic mass is 10.1. The summed E-state index contributed by atoms with van der Waals surface area (Å²) in [5.41, 5.74) is 0.917. The van der Waals surface area contributed by atoms with Crippen LogP contribution in [0.2, 0.25) is 0 Å². The topological polar surface area (TPSA) is 66.4 Å². The zero-order chi connectivity index (χ0) is 15.7. The van der Waals surface area contributed by atoms with E-state index in [1.165, 1.54) is 24.3 Å². The number of carbonyl (C=O) groups is 2. The molecule has 0 unspecified atom stereocenters. The molecule has 1 amide bonds. The van der Waals surface area contributed by atoms with Crippen LogP contribution in [0.3, 0.4) is 0 Å². The molecule has 0 aliphatic heterocycles. The molecular weight excluding hydrogens is 273 g/mol. The fraction of sp³-hybridized carbons (Fsp3) is 0.375. The van der Waals surface area contributed by atoms with Crippen LogP contribution in [0.4, 0.5) is 4.39 Å². The van der Waals surface area contributed by atoms with Crippen LogP contribution in [-0.2, 0) is 16.1 Å². The van der Waals surface area contributed by atoms with E-state index in [1.807, 2.05) is 0 Å². The normalized spacial score (nSPS) is 10.8. The maximum Gasteiger partial charge on any atom is 0.328 e. The second-order valence-electron chi connectivity index (χ2n) is 4.76. The van der Waals surface area contributed by atoms with Crippen LogP contribution in [0.15, 0.2) is 24.3 Å². The Balaban J connectivity index is 2.59. The molecule has 114 valence electrons. The van der Waals surface area contributed by atoms with Gasteiger partial charge in [-0.05, 0) is 30.2 Å². The van der Waals surface area contributed by atoms with Crippen LogP contribution in [-0.4, -0.2) is 17.0 Å². The fourth-order valence-corrected chi connectivity index (χ4v) is 1.82. The van der Waals surface area contributed by atoms with Gasteiger partial charge in [-0.3, -0.25) is 4.79 Å². The minimum atomic E-state index is -1.06. The van der Waals surface area contributed by atoms with Gasteiger partial charge >= 0.3 is 5.97 Å². The molecule has 0 aliphatic carbocycles. The highest BCUT2D eigenvalue weighted by atomic mass is 19.1. The first-order valence-electron chi connectivity index (χ1n) is 6.99. The van der Waals surface area contributed by atoms with Crippen LogP contribution < -0.4 is 5.32 Å². The molecule has 5 heteroatoms. The van der Waals surface area contributed by atoms with Gasteiger partial charge in [0, 0.05) is 24.6 Å². The zero-order valence-electron chi connectivity index (χ0n) is 12.1. The first-order chi connectivity index (χ1) is 10.0. The van der Waals surface area contributed by atoms with E-state index in [0.717, 1.165) is 25.3 Å². The summed E-state index contributed by atoms with van der Waals surface area (Å²) in [5.74, 6) is -1.59. The maximum absolute atomic E-state index is 13.6. The third-order valence-electron chi connectivity index (χ3n) is 2.97. The number of carboxylic acids is 1. The van der Waals surface area contributed by atoms with Gasteiger partial charge in [0.1, 0.15) is 5.82 Å². The summed E-state index contributed by atoms with van der Waals surface area (Å²) >= 11 is 0. The minimum absolute atomic E-state index is 0.102. The Morgan fingerprint density at radius 2 is 2.10 bits per heavy atom. The summed E-state index contributed by atoms with van der Waals surface area (Å²) in [6.45, 7) is 2.16. The summed E-state index contributed by atoms with van der Waals surface area (Å²) in [6, 6.07) is 4.28. The minimum Gasteiger partial charge on any atom is -0.478 e. The second kappa shape index (κ2) is 8.89. The smallest absolute Gasteiger partial charge is 0.328 e. The number of hydrogen-bond donors (Lipinski definition) is 2. The van der Waals surface area contributed by atoms with E-state index < -0.39 is 11.8 Å². The number of unbranched alkanes of at least 4 members (excludes halogenated alkanes) is 2. The van der Waals surface area contributed by atoms with Gasteiger partial charge in [-0.25, -0.2) is 9.18 Å². The van der Waals surface area contributed by atoms with Gasteiger partial charge in [-0.15, -0.1) is 0 Å². The van der Waals surface area contributed by atoms with Crippen molar-refractivity contribution < 1.29 is 19.1 Å². The largest absolute Gasteiger partial charge is 0.478 e. The molecule has 4 nitrogen and oxygen atoms in total. The number of rotatable bonds is 8. The number of carbonyl (C=O) groups excluding carboxylic acids is 1.